The summed E-state index contributed by atoms with van der Waals surface area (Å²) in [6.07, 6.45) is -0.952. The van der Waals surface area contributed by atoms with Crippen molar-refractivity contribution in [3.05, 3.63) is 87.6 Å². The second kappa shape index (κ2) is 9.84. The van der Waals surface area contributed by atoms with Crippen molar-refractivity contribution in [1.82, 2.24) is 5.32 Å². The van der Waals surface area contributed by atoms with E-state index in [4.69, 9.17) is 4.74 Å². The lowest BCUT2D eigenvalue weighted by molar-refractivity contribution is -0.129. The van der Waals surface area contributed by atoms with Crippen LogP contribution in [-0.4, -0.2) is 23.9 Å². The number of ether oxygens (including phenoxy) is 1. The van der Waals surface area contributed by atoms with Gasteiger partial charge in [-0.15, -0.1) is 11.3 Å². The SMILES string of the molecule is Cc1ccc(CNC(=O)C(C)OC(=O)c2cccc(NC(=O)c3cccs3)c2)cc1. The Balaban J connectivity index is 1.54. The molecule has 30 heavy (non-hydrogen) atoms. The first-order chi connectivity index (χ1) is 14.4. The van der Waals surface area contributed by atoms with Crippen LogP contribution in [0.3, 0.4) is 0 Å². The van der Waals surface area contributed by atoms with E-state index in [0.29, 0.717) is 17.1 Å². The van der Waals surface area contributed by atoms with Gasteiger partial charge in [-0.1, -0.05) is 42.0 Å². The van der Waals surface area contributed by atoms with E-state index in [0.717, 1.165) is 11.1 Å². The number of nitrogens with one attached hydrogen (secondary N) is 2. The van der Waals surface area contributed by atoms with Crippen molar-refractivity contribution in [2.24, 2.45) is 0 Å². The summed E-state index contributed by atoms with van der Waals surface area (Å²) in [7, 11) is 0. The number of thiophene rings is 1. The molecule has 0 aliphatic rings. The van der Waals surface area contributed by atoms with Gasteiger partial charge in [0, 0.05) is 12.2 Å². The number of anilines is 1. The van der Waals surface area contributed by atoms with E-state index in [1.165, 1.54) is 24.3 Å². The second-order valence-electron chi connectivity index (χ2n) is 6.76. The Bertz CT molecular complexity index is 1030. The van der Waals surface area contributed by atoms with Crippen LogP contribution in [0.4, 0.5) is 5.69 Å². The summed E-state index contributed by atoms with van der Waals surface area (Å²) in [5.74, 6) is -1.27. The van der Waals surface area contributed by atoms with Crippen molar-refractivity contribution in [3.8, 4) is 0 Å². The number of hydrogen-bond acceptors (Lipinski definition) is 5. The predicted octanol–water partition coefficient (Wildman–Crippen LogP) is 4.17. The van der Waals surface area contributed by atoms with Crippen LogP contribution >= 0.6 is 11.3 Å². The van der Waals surface area contributed by atoms with Gasteiger partial charge in [0.1, 0.15) is 0 Å². The predicted molar refractivity (Wildman–Crippen MR) is 117 cm³/mol. The van der Waals surface area contributed by atoms with E-state index in [2.05, 4.69) is 10.6 Å². The zero-order valence-electron chi connectivity index (χ0n) is 16.7. The Morgan fingerprint density at radius 2 is 1.80 bits per heavy atom. The zero-order chi connectivity index (χ0) is 21.5. The molecule has 3 rings (SSSR count). The number of carbonyl (C=O) groups excluding carboxylic acids is 3. The molecule has 154 valence electrons. The quantitative estimate of drug-likeness (QED) is 0.560. The molecule has 0 radical (unpaired) electrons. The Morgan fingerprint density at radius 1 is 1.03 bits per heavy atom. The number of hydrogen-bond donors (Lipinski definition) is 2. The molecule has 1 aromatic heterocycles. The number of benzene rings is 2. The highest BCUT2D eigenvalue weighted by Crippen LogP contribution is 2.16. The van der Waals surface area contributed by atoms with Crippen LogP contribution in [0, 0.1) is 6.92 Å². The first-order valence-electron chi connectivity index (χ1n) is 9.41. The van der Waals surface area contributed by atoms with E-state index in [1.807, 2.05) is 36.6 Å². The third kappa shape index (κ3) is 5.78. The molecule has 6 nitrogen and oxygen atoms in total. The lowest BCUT2D eigenvalue weighted by Crippen LogP contribution is -2.35. The van der Waals surface area contributed by atoms with Crippen LogP contribution in [0.25, 0.3) is 0 Å². The highest BCUT2D eigenvalue weighted by atomic mass is 32.1. The van der Waals surface area contributed by atoms with E-state index >= 15 is 0 Å². The molecule has 0 aliphatic carbocycles. The first kappa shape index (κ1) is 21.3. The number of esters is 1. The molecule has 0 fully saturated rings. The van der Waals surface area contributed by atoms with Crippen molar-refractivity contribution >= 4 is 34.8 Å². The summed E-state index contributed by atoms with van der Waals surface area (Å²) in [5, 5.41) is 7.31. The molecule has 1 heterocycles. The maximum atomic E-state index is 12.4. The standard InChI is InChI=1S/C23H22N2O4S/c1-15-8-10-17(11-9-15)14-24-21(26)16(2)29-23(28)18-5-3-6-19(13-18)25-22(27)20-7-4-12-30-20/h3-13,16H,14H2,1-2H3,(H,24,26)(H,25,27). The fourth-order valence-electron chi connectivity index (χ4n) is 2.65. The molecule has 7 heteroatoms. The van der Waals surface area contributed by atoms with Gasteiger partial charge in [0.2, 0.25) is 0 Å². The van der Waals surface area contributed by atoms with Crippen LogP contribution in [0.5, 0.6) is 0 Å². The summed E-state index contributed by atoms with van der Waals surface area (Å²) < 4.78 is 5.28. The van der Waals surface area contributed by atoms with E-state index in [1.54, 1.807) is 30.3 Å². The smallest absolute Gasteiger partial charge is 0.338 e. The van der Waals surface area contributed by atoms with Gasteiger partial charge in [-0.2, -0.15) is 0 Å². The molecule has 1 atom stereocenters. The van der Waals surface area contributed by atoms with Crippen molar-refractivity contribution in [3.63, 3.8) is 0 Å². The number of amides is 2. The molecule has 0 aliphatic heterocycles. The van der Waals surface area contributed by atoms with Gasteiger partial charge >= 0.3 is 5.97 Å². The maximum absolute atomic E-state index is 12.4. The lowest BCUT2D eigenvalue weighted by Gasteiger charge is -2.14. The minimum Gasteiger partial charge on any atom is -0.449 e. The fourth-order valence-corrected chi connectivity index (χ4v) is 3.26. The lowest BCUT2D eigenvalue weighted by atomic mass is 10.1. The van der Waals surface area contributed by atoms with Crippen LogP contribution in [0.1, 0.15) is 38.1 Å². The molecule has 0 spiro atoms. The maximum Gasteiger partial charge on any atom is 0.338 e. The van der Waals surface area contributed by atoms with Gasteiger partial charge in [0.25, 0.3) is 11.8 Å². The number of carbonyl (C=O) groups is 3. The van der Waals surface area contributed by atoms with Crippen LogP contribution < -0.4 is 10.6 Å². The van der Waals surface area contributed by atoms with Gasteiger partial charge in [0.15, 0.2) is 6.10 Å². The highest BCUT2D eigenvalue weighted by molar-refractivity contribution is 7.12. The first-order valence-corrected chi connectivity index (χ1v) is 10.3. The Hall–Kier alpha value is -3.45. The molecule has 3 aromatic rings. The van der Waals surface area contributed by atoms with Gasteiger partial charge in [-0.3, -0.25) is 9.59 Å². The third-order valence-corrected chi connectivity index (χ3v) is 5.21. The Morgan fingerprint density at radius 3 is 2.50 bits per heavy atom. The van der Waals surface area contributed by atoms with E-state index in [9.17, 15) is 14.4 Å². The largest absolute Gasteiger partial charge is 0.449 e. The van der Waals surface area contributed by atoms with Crippen LogP contribution in [0.2, 0.25) is 0 Å². The normalized spacial score (nSPS) is 11.4. The molecular formula is C23H22N2O4S. The molecule has 0 bridgehead atoms. The molecule has 2 aromatic carbocycles. The summed E-state index contributed by atoms with van der Waals surface area (Å²) in [6, 6.07) is 17.7. The second-order valence-corrected chi connectivity index (χ2v) is 7.71. The molecule has 1 unspecified atom stereocenters. The fraction of sp³-hybridized carbons (Fsp3) is 0.174. The summed E-state index contributed by atoms with van der Waals surface area (Å²) in [6.45, 7) is 3.86. The average Bonchev–Trinajstić information content (AvgIpc) is 3.28. The Kier molecular flexibility index (Phi) is 6.98. The summed E-state index contributed by atoms with van der Waals surface area (Å²) >= 11 is 1.33. The van der Waals surface area contributed by atoms with Crippen molar-refractivity contribution in [2.45, 2.75) is 26.5 Å². The van der Waals surface area contributed by atoms with Crippen molar-refractivity contribution in [1.29, 1.82) is 0 Å². The summed E-state index contributed by atoms with van der Waals surface area (Å²) in [4.78, 5) is 37.4. The molecular weight excluding hydrogens is 400 g/mol. The van der Waals surface area contributed by atoms with Crippen LogP contribution in [-0.2, 0) is 16.1 Å². The topological polar surface area (TPSA) is 84.5 Å². The number of rotatable bonds is 7. The van der Waals surface area contributed by atoms with Gasteiger partial charge in [0.05, 0.1) is 10.4 Å². The van der Waals surface area contributed by atoms with Crippen molar-refractivity contribution < 1.29 is 19.1 Å². The van der Waals surface area contributed by atoms with Gasteiger partial charge < -0.3 is 15.4 Å². The monoisotopic (exact) mass is 422 g/mol. The molecule has 0 saturated heterocycles. The summed E-state index contributed by atoms with van der Waals surface area (Å²) in [5.41, 5.74) is 2.82. The van der Waals surface area contributed by atoms with Gasteiger partial charge in [-0.25, -0.2) is 4.79 Å². The highest BCUT2D eigenvalue weighted by Gasteiger charge is 2.19. The number of aryl methyl sites for hydroxylation is 1. The van der Waals surface area contributed by atoms with E-state index in [-0.39, 0.29) is 17.4 Å². The molecule has 2 N–H and O–H groups in total. The zero-order valence-corrected chi connectivity index (χ0v) is 17.5. The minimum atomic E-state index is -0.952. The molecule has 0 saturated carbocycles. The average molecular weight is 423 g/mol. The minimum absolute atomic E-state index is 0.247. The Labute approximate surface area is 178 Å². The van der Waals surface area contributed by atoms with Crippen LogP contribution in [0.15, 0.2) is 66.0 Å². The van der Waals surface area contributed by atoms with E-state index < -0.39 is 12.1 Å². The van der Waals surface area contributed by atoms with Crippen molar-refractivity contribution in [2.75, 3.05) is 5.32 Å². The van der Waals surface area contributed by atoms with Gasteiger partial charge in [-0.05, 0) is 49.1 Å². The third-order valence-electron chi connectivity index (χ3n) is 4.34. The molecule has 2 amide bonds.